The van der Waals surface area contributed by atoms with Crippen molar-refractivity contribution < 1.29 is 9.53 Å². The van der Waals surface area contributed by atoms with Crippen LogP contribution >= 0.6 is 11.6 Å². The minimum atomic E-state index is -0.0396. The molecule has 0 atom stereocenters. The highest BCUT2D eigenvalue weighted by Crippen LogP contribution is 2.26. The Morgan fingerprint density at radius 3 is 2.80 bits per heavy atom. The zero-order chi connectivity index (χ0) is 14.7. The summed E-state index contributed by atoms with van der Waals surface area (Å²) in [5, 5.41) is 11.8. The van der Waals surface area contributed by atoms with Crippen LogP contribution in [0.25, 0.3) is 0 Å². The molecule has 2 rings (SSSR count). The summed E-state index contributed by atoms with van der Waals surface area (Å²) in [5.41, 5.74) is 0.550. The molecule has 0 aliphatic rings. The Morgan fingerprint density at radius 2 is 2.20 bits per heavy atom. The van der Waals surface area contributed by atoms with E-state index in [1.165, 1.54) is 6.92 Å². The predicted octanol–water partition coefficient (Wildman–Crippen LogP) is 2.69. The lowest BCUT2D eigenvalue weighted by molar-refractivity contribution is 0.101. The molecule has 0 N–H and O–H groups in total. The van der Waals surface area contributed by atoms with Gasteiger partial charge < -0.3 is 4.74 Å². The van der Waals surface area contributed by atoms with E-state index in [0.717, 1.165) is 0 Å². The van der Waals surface area contributed by atoms with E-state index in [2.05, 4.69) is 15.5 Å². The molecule has 6 nitrogen and oxygen atoms in total. The Labute approximate surface area is 121 Å². The minimum Gasteiger partial charge on any atom is -0.484 e. The molecular formula is C13H15ClN4O2. The number of halogens is 1. The second-order valence-corrected chi connectivity index (χ2v) is 5.03. The van der Waals surface area contributed by atoms with Crippen molar-refractivity contribution in [2.24, 2.45) is 0 Å². The van der Waals surface area contributed by atoms with Gasteiger partial charge in [-0.15, -0.1) is 5.10 Å². The lowest BCUT2D eigenvalue weighted by Gasteiger charge is -2.10. The number of benzene rings is 1. The summed E-state index contributed by atoms with van der Waals surface area (Å²) < 4.78 is 7.28. The summed E-state index contributed by atoms with van der Waals surface area (Å²) in [4.78, 5) is 11.2. The Kier molecular flexibility index (Phi) is 4.34. The maximum Gasteiger partial charge on any atom is 0.189 e. The van der Waals surface area contributed by atoms with Crippen molar-refractivity contribution in [1.29, 1.82) is 0 Å². The van der Waals surface area contributed by atoms with E-state index >= 15 is 0 Å². The Bertz CT molecular complexity index is 625. The summed E-state index contributed by atoms with van der Waals surface area (Å²) in [7, 11) is 0. The van der Waals surface area contributed by atoms with E-state index in [-0.39, 0.29) is 18.4 Å². The molecule has 1 aromatic carbocycles. The molecule has 1 aromatic heterocycles. The molecule has 1 heterocycles. The van der Waals surface area contributed by atoms with Crippen LogP contribution in [-0.2, 0) is 6.61 Å². The third-order valence-electron chi connectivity index (χ3n) is 2.75. The van der Waals surface area contributed by atoms with Crippen LogP contribution in [0.1, 0.15) is 43.0 Å². The number of hydrogen-bond acceptors (Lipinski definition) is 5. The molecule has 0 spiro atoms. The second kappa shape index (κ2) is 6.00. The van der Waals surface area contributed by atoms with Crippen molar-refractivity contribution in [2.75, 3.05) is 0 Å². The summed E-state index contributed by atoms with van der Waals surface area (Å²) in [6.07, 6.45) is 0. The van der Waals surface area contributed by atoms with Gasteiger partial charge in [-0.05, 0) is 49.4 Å². The van der Waals surface area contributed by atoms with Gasteiger partial charge in [0.15, 0.2) is 11.6 Å². The Morgan fingerprint density at radius 1 is 1.45 bits per heavy atom. The number of carbonyl (C=O) groups is 1. The van der Waals surface area contributed by atoms with Gasteiger partial charge in [0.1, 0.15) is 12.4 Å². The normalized spacial score (nSPS) is 10.8. The van der Waals surface area contributed by atoms with Gasteiger partial charge in [-0.3, -0.25) is 4.79 Å². The molecule has 0 fully saturated rings. The van der Waals surface area contributed by atoms with Crippen LogP contribution in [0.3, 0.4) is 0 Å². The van der Waals surface area contributed by atoms with Crippen molar-refractivity contribution in [3.8, 4) is 5.75 Å². The smallest absolute Gasteiger partial charge is 0.189 e. The molecule has 0 saturated heterocycles. The molecule has 7 heteroatoms. The van der Waals surface area contributed by atoms with Crippen molar-refractivity contribution in [3.05, 3.63) is 34.6 Å². The maximum atomic E-state index is 11.2. The van der Waals surface area contributed by atoms with E-state index < -0.39 is 0 Å². The van der Waals surface area contributed by atoms with Crippen LogP contribution in [-0.4, -0.2) is 26.0 Å². The molecule has 0 radical (unpaired) electrons. The summed E-state index contributed by atoms with van der Waals surface area (Å²) >= 11 is 6.08. The van der Waals surface area contributed by atoms with Gasteiger partial charge in [0.05, 0.1) is 11.1 Å². The largest absolute Gasteiger partial charge is 0.484 e. The summed E-state index contributed by atoms with van der Waals surface area (Å²) in [6.45, 7) is 5.66. The van der Waals surface area contributed by atoms with E-state index in [1.807, 2.05) is 13.8 Å². The number of Topliss-reactive ketones (excluding diaryl/α,β-unsaturated/α-hetero) is 1. The van der Waals surface area contributed by atoms with E-state index in [1.54, 1.807) is 22.9 Å². The number of rotatable bonds is 5. The van der Waals surface area contributed by atoms with Gasteiger partial charge >= 0.3 is 0 Å². The molecule has 0 amide bonds. The second-order valence-electron chi connectivity index (χ2n) is 4.62. The van der Waals surface area contributed by atoms with E-state index in [0.29, 0.717) is 22.2 Å². The van der Waals surface area contributed by atoms with Crippen LogP contribution in [0, 0.1) is 0 Å². The topological polar surface area (TPSA) is 69.9 Å². The van der Waals surface area contributed by atoms with Crippen LogP contribution in [0.4, 0.5) is 0 Å². The summed E-state index contributed by atoms with van der Waals surface area (Å²) in [6, 6.07) is 5.08. The first-order valence-corrected chi connectivity index (χ1v) is 6.57. The Hall–Kier alpha value is -1.95. The average molecular weight is 295 g/mol. The van der Waals surface area contributed by atoms with Crippen molar-refractivity contribution in [3.63, 3.8) is 0 Å². The summed E-state index contributed by atoms with van der Waals surface area (Å²) in [5.74, 6) is 1.07. The maximum absolute atomic E-state index is 11.2. The minimum absolute atomic E-state index is 0.0396. The number of hydrogen-bond donors (Lipinski definition) is 0. The van der Waals surface area contributed by atoms with Crippen LogP contribution < -0.4 is 4.74 Å². The van der Waals surface area contributed by atoms with E-state index in [9.17, 15) is 4.79 Å². The molecule has 0 unspecified atom stereocenters. The number of aromatic nitrogens is 4. The lowest BCUT2D eigenvalue weighted by atomic mass is 10.1. The zero-order valence-electron chi connectivity index (χ0n) is 11.5. The van der Waals surface area contributed by atoms with Gasteiger partial charge in [0, 0.05) is 5.56 Å². The monoisotopic (exact) mass is 294 g/mol. The molecule has 0 saturated carbocycles. The average Bonchev–Trinajstić information content (AvgIpc) is 2.85. The first-order valence-electron chi connectivity index (χ1n) is 6.19. The van der Waals surface area contributed by atoms with Gasteiger partial charge in [0.25, 0.3) is 0 Å². The molecule has 0 aliphatic carbocycles. The first-order chi connectivity index (χ1) is 9.49. The third kappa shape index (κ3) is 3.14. The fraction of sp³-hybridized carbons (Fsp3) is 0.385. The van der Waals surface area contributed by atoms with E-state index in [4.69, 9.17) is 16.3 Å². The number of ether oxygens (including phenoxy) is 1. The standard InChI is InChI=1S/C13H15ClN4O2/c1-8(2)18-13(15-16-17-18)7-20-12-5-4-10(9(3)19)6-11(12)14/h4-6,8H,7H2,1-3H3. The van der Waals surface area contributed by atoms with Crippen LogP contribution in [0.5, 0.6) is 5.75 Å². The molecule has 0 aliphatic heterocycles. The number of ketones is 1. The number of tetrazole rings is 1. The third-order valence-corrected chi connectivity index (χ3v) is 3.04. The zero-order valence-corrected chi connectivity index (χ0v) is 12.3. The molecule has 0 bridgehead atoms. The number of carbonyl (C=O) groups excluding carboxylic acids is 1. The van der Waals surface area contributed by atoms with Gasteiger partial charge in [-0.25, -0.2) is 4.68 Å². The predicted molar refractivity (Wildman–Crippen MR) is 74.0 cm³/mol. The molecule has 20 heavy (non-hydrogen) atoms. The highest BCUT2D eigenvalue weighted by molar-refractivity contribution is 6.32. The quantitative estimate of drug-likeness (QED) is 0.793. The van der Waals surface area contributed by atoms with Gasteiger partial charge in [-0.1, -0.05) is 11.6 Å². The van der Waals surface area contributed by atoms with Crippen LogP contribution in [0.15, 0.2) is 18.2 Å². The molecule has 106 valence electrons. The lowest BCUT2D eigenvalue weighted by Crippen LogP contribution is -2.11. The van der Waals surface area contributed by atoms with Gasteiger partial charge in [-0.2, -0.15) is 0 Å². The highest BCUT2D eigenvalue weighted by atomic mass is 35.5. The van der Waals surface area contributed by atoms with Crippen molar-refractivity contribution in [2.45, 2.75) is 33.4 Å². The molecular weight excluding hydrogens is 280 g/mol. The fourth-order valence-electron chi connectivity index (χ4n) is 1.69. The van der Waals surface area contributed by atoms with Gasteiger partial charge in [0.2, 0.25) is 0 Å². The fourth-order valence-corrected chi connectivity index (χ4v) is 1.92. The van der Waals surface area contributed by atoms with Crippen molar-refractivity contribution in [1.82, 2.24) is 20.2 Å². The number of nitrogens with zero attached hydrogens (tertiary/aromatic N) is 4. The van der Waals surface area contributed by atoms with Crippen LogP contribution in [0.2, 0.25) is 5.02 Å². The molecule has 2 aromatic rings. The highest BCUT2D eigenvalue weighted by Gasteiger charge is 2.11. The van der Waals surface area contributed by atoms with Crippen molar-refractivity contribution >= 4 is 17.4 Å². The first kappa shape index (κ1) is 14.5. The Balaban J connectivity index is 2.11. The SMILES string of the molecule is CC(=O)c1ccc(OCc2nnnn2C(C)C)c(Cl)c1.